The Balaban J connectivity index is 1.64. The largest absolute Gasteiger partial charge is 0.356 e. The van der Waals surface area contributed by atoms with E-state index in [4.69, 9.17) is 0 Å². The summed E-state index contributed by atoms with van der Waals surface area (Å²) in [4.78, 5) is 25.2. The minimum absolute atomic E-state index is 0.0652. The van der Waals surface area contributed by atoms with E-state index in [0.29, 0.717) is 19.4 Å². The van der Waals surface area contributed by atoms with Crippen molar-refractivity contribution in [2.24, 2.45) is 7.05 Å². The zero-order valence-electron chi connectivity index (χ0n) is 13.8. The van der Waals surface area contributed by atoms with Gasteiger partial charge in [0.05, 0.1) is 5.69 Å². The van der Waals surface area contributed by atoms with Crippen LogP contribution < -0.4 is 5.32 Å². The second kappa shape index (κ2) is 7.42. The van der Waals surface area contributed by atoms with Gasteiger partial charge in [-0.15, -0.1) is 0 Å². The molecule has 0 atom stereocenters. The molecule has 2 rings (SSSR count). The van der Waals surface area contributed by atoms with Crippen LogP contribution in [0.25, 0.3) is 0 Å². The molecule has 6 nitrogen and oxygen atoms in total. The van der Waals surface area contributed by atoms with E-state index in [-0.39, 0.29) is 11.8 Å². The predicted molar refractivity (Wildman–Crippen MR) is 84.4 cm³/mol. The number of rotatable bonds is 7. The van der Waals surface area contributed by atoms with Crippen LogP contribution in [0.3, 0.4) is 0 Å². The maximum Gasteiger partial charge on any atom is 0.222 e. The lowest BCUT2D eigenvalue weighted by Gasteiger charge is -2.15. The number of nitrogens with zero attached hydrogens (tertiary/aromatic N) is 3. The number of aryl methyl sites for hydroxylation is 2. The second-order valence-corrected chi connectivity index (χ2v) is 5.96. The van der Waals surface area contributed by atoms with Gasteiger partial charge in [-0.05, 0) is 38.7 Å². The summed E-state index contributed by atoms with van der Waals surface area (Å²) in [6.45, 7) is 6.26. The van der Waals surface area contributed by atoms with Crippen LogP contribution in [-0.2, 0) is 23.1 Å². The number of aromatic nitrogens is 2. The molecule has 1 aliphatic rings. The van der Waals surface area contributed by atoms with E-state index in [2.05, 4.69) is 10.4 Å². The molecule has 1 aromatic heterocycles. The number of hydrogen-bond donors (Lipinski definition) is 1. The monoisotopic (exact) mass is 306 g/mol. The minimum atomic E-state index is 0.0652. The van der Waals surface area contributed by atoms with Gasteiger partial charge in [0.25, 0.3) is 0 Å². The minimum Gasteiger partial charge on any atom is -0.356 e. The van der Waals surface area contributed by atoms with Gasteiger partial charge in [-0.1, -0.05) is 0 Å². The highest BCUT2D eigenvalue weighted by molar-refractivity contribution is 5.78. The molecule has 1 saturated heterocycles. The SMILES string of the molecule is Cc1nn(C)c(C)c1CCC(=O)NCCCN1CCCC1=O. The summed E-state index contributed by atoms with van der Waals surface area (Å²) in [7, 11) is 1.92. The highest BCUT2D eigenvalue weighted by Crippen LogP contribution is 2.14. The molecule has 0 spiro atoms. The first-order chi connectivity index (χ1) is 10.5. The fourth-order valence-electron chi connectivity index (χ4n) is 2.94. The third kappa shape index (κ3) is 4.08. The van der Waals surface area contributed by atoms with Crippen molar-refractivity contribution >= 4 is 11.8 Å². The van der Waals surface area contributed by atoms with Crippen LogP contribution in [0.1, 0.15) is 42.6 Å². The molecule has 2 heterocycles. The first kappa shape index (κ1) is 16.5. The van der Waals surface area contributed by atoms with E-state index in [1.54, 1.807) is 0 Å². The van der Waals surface area contributed by atoms with Crippen molar-refractivity contribution in [1.29, 1.82) is 0 Å². The summed E-state index contributed by atoms with van der Waals surface area (Å²) in [5.41, 5.74) is 3.29. The fourth-order valence-corrected chi connectivity index (χ4v) is 2.94. The molecule has 6 heteroatoms. The van der Waals surface area contributed by atoms with Crippen LogP contribution in [-0.4, -0.2) is 46.1 Å². The maximum atomic E-state index is 11.9. The maximum absolute atomic E-state index is 11.9. The van der Waals surface area contributed by atoms with Crippen LogP contribution in [0.15, 0.2) is 0 Å². The van der Waals surface area contributed by atoms with E-state index < -0.39 is 0 Å². The van der Waals surface area contributed by atoms with Crippen LogP contribution in [0.2, 0.25) is 0 Å². The molecule has 2 amide bonds. The van der Waals surface area contributed by atoms with E-state index in [9.17, 15) is 9.59 Å². The van der Waals surface area contributed by atoms with Gasteiger partial charge in [-0.25, -0.2) is 0 Å². The summed E-state index contributed by atoms with van der Waals surface area (Å²) in [6.07, 6.45) is 3.67. The molecule has 122 valence electrons. The molecule has 1 N–H and O–H groups in total. The molecule has 0 saturated carbocycles. The van der Waals surface area contributed by atoms with Gasteiger partial charge in [-0.3, -0.25) is 14.3 Å². The average Bonchev–Trinajstić information content (AvgIpc) is 2.98. The van der Waals surface area contributed by atoms with E-state index in [1.165, 1.54) is 5.56 Å². The molecule has 0 aromatic carbocycles. The van der Waals surface area contributed by atoms with Gasteiger partial charge in [0.15, 0.2) is 0 Å². The lowest BCUT2D eigenvalue weighted by Crippen LogP contribution is -2.30. The summed E-state index contributed by atoms with van der Waals surface area (Å²) in [5.74, 6) is 0.309. The van der Waals surface area contributed by atoms with Crippen molar-refractivity contribution in [2.75, 3.05) is 19.6 Å². The second-order valence-electron chi connectivity index (χ2n) is 5.96. The average molecular weight is 306 g/mol. The standard InChI is InChI=1S/C16H26N4O2/c1-12-14(13(2)19(3)18-12)7-8-15(21)17-9-5-11-20-10-4-6-16(20)22/h4-11H2,1-3H3,(H,17,21). The molecule has 0 unspecified atom stereocenters. The van der Waals surface area contributed by atoms with Crippen molar-refractivity contribution in [1.82, 2.24) is 20.0 Å². The molecule has 1 aliphatic heterocycles. The first-order valence-electron chi connectivity index (χ1n) is 8.02. The topological polar surface area (TPSA) is 67.2 Å². The quantitative estimate of drug-likeness (QED) is 0.767. The molecular formula is C16H26N4O2. The molecular weight excluding hydrogens is 280 g/mol. The smallest absolute Gasteiger partial charge is 0.222 e. The number of carbonyl (C=O) groups is 2. The van der Waals surface area contributed by atoms with E-state index in [0.717, 1.165) is 43.7 Å². The molecule has 1 aromatic rings. The van der Waals surface area contributed by atoms with Gasteiger partial charge in [0, 0.05) is 45.2 Å². The van der Waals surface area contributed by atoms with Crippen molar-refractivity contribution in [3.63, 3.8) is 0 Å². The predicted octanol–water partition coefficient (Wildman–Crippen LogP) is 1.10. The lowest BCUT2D eigenvalue weighted by molar-refractivity contribution is -0.127. The van der Waals surface area contributed by atoms with Crippen molar-refractivity contribution in [3.8, 4) is 0 Å². The Morgan fingerprint density at radius 2 is 2.14 bits per heavy atom. The van der Waals surface area contributed by atoms with Crippen molar-refractivity contribution in [3.05, 3.63) is 17.0 Å². The normalized spacial score (nSPS) is 14.7. The third-order valence-corrected chi connectivity index (χ3v) is 4.36. The number of likely N-dealkylation sites (tertiary alicyclic amines) is 1. The Morgan fingerprint density at radius 3 is 2.73 bits per heavy atom. The molecule has 1 fully saturated rings. The zero-order chi connectivity index (χ0) is 16.1. The molecule has 0 aliphatic carbocycles. The van der Waals surface area contributed by atoms with E-state index in [1.807, 2.05) is 30.5 Å². The molecule has 22 heavy (non-hydrogen) atoms. The van der Waals surface area contributed by atoms with Gasteiger partial charge in [0.2, 0.25) is 11.8 Å². The summed E-state index contributed by atoms with van der Waals surface area (Å²) >= 11 is 0. The molecule has 0 bridgehead atoms. The Hall–Kier alpha value is -1.85. The lowest BCUT2D eigenvalue weighted by atomic mass is 10.1. The Kier molecular flexibility index (Phi) is 5.57. The van der Waals surface area contributed by atoms with Crippen molar-refractivity contribution in [2.45, 2.75) is 46.0 Å². The summed E-state index contributed by atoms with van der Waals surface area (Å²) in [6, 6.07) is 0. The first-order valence-corrected chi connectivity index (χ1v) is 8.02. The highest BCUT2D eigenvalue weighted by Gasteiger charge is 2.19. The Bertz CT molecular complexity index is 551. The van der Waals surface area contributed by atoms with Gasteiger partial charge in [0.1, 0.15) is 0 Å². The van der Waals surface area contributed by atoms with Gasteiger partial charge >= 0.3 is 0 Å². The molecule has 0 radical (unpaired) electrons. The van der Waals surface area contributed by atoms with Crippen LogP contribution >= 0.6 is 0 Å². The van der Waals surface area contributed by atoms with Crippen molar-refractivity contribution < 1.29 is 9.59 Å². The number of carbonyl (C=O) groups excluding carboxylic acids is 2. The van der Waals surface area contributed by atoms with Crippen LogP contribution in [0.5, 0.6) is 0 Å². The van der Waals surface area contributed by atoms with E-state index >= 15 is 0 Å². The highest BCUT2D eigenvalue weighted by atomic mass is 16.2. The number of nitrogens with one attached hydrogen (secondary N) is 1. The zero-order valence-corrected chi connectivity index (χ0v) is 13.8. The third-order valence-electron chi connectivity index (χ3n) is 4.36. The Morgan fingerprint density at radius 1 is 1.36 bits per heavy atom. The fraction of sp³-hybridized carbons (Fsp3) is 0.688. The van der Waals surface area contributed by atoms with Crippen LogP contribution in [0, 0.1) is 13.8 Å². The summed E-state index contributed by atoms with van der Waals surface area (Å²) < 4.78 is 1.86. The van der Waals surface area contributed by atoms with Gasteiger partial charge < -0.3 is 10.2 Å². The Labute approximate surface area is 131 Å². The number of hydrogen-bond acceptors (Lipinski definition) is 3. The number of amides is 2. The summed E-state index contributed by atoms with van der Waals surface area (Å²) in [5, 5.41) is 7.30. The van der Waals surface area contributed by atoms with Crippen LogP contribution in [0.4, 0.5) is 0 Å². The van der Waals surface area contributed by atoms with Gasteiger partial charge in [-0.2, -0.15) is 5.10 Å².